The summed E-state index contributed by atoms with van der Waals surface area (Å²) in [6, 6.07) is 10.6. The van der Waals surface area contributed by atoms with Gasteiger partial charge in [-0.25, -0.2) is 9.78 Å². The molecule has 0 aliphatic heterocycles. The monoisotopic (exact) mass is 271 g/mol. The summed E-state index contributed by atoms with van der Waals surface area (Å²) in [5.41, 5.74) is 8.63. The van der Waals surface area contributed by atoms with Gasteiger partial charge in [-0.05, 0) is 50.2 Å². The molecule has 0 unspecified atom stereocenters. The summed E-state index contributed by atoms with van der Waals surface area (Å²) in [4.78, 5) is 15.9. The van der Waals surface area contributed by atoms with E-state index in [0.29, 0.717) is 23.7 Å². The van der Waals surface area contributed by atoms with Gasteiger partial charge < -0.3 is 15.8 Å². The Morgan fingerprint density at radius 3 is 2.60 bits per heavy atom. The van der Waals surface area contributed by atoms with E-state index in [0.717, 1.165) is 11.4 Å². The van der Waals surface area contributed by atoms with Crippen LogP contribution in [0.15, 0.2) is 36.4 Å². The number of nitrogens with zero attached hydrogens (tertiary/aromatic N) is 1. The van der Waals surface area contributed by atoms with Crippen molar-refractivity contribution in [3.63, 3.8) is 0 Å². The number of carbonyl (C=O) groups excluding carboxylic acids is 1. The number of carbonyl (C=O) groups is 1. The van der Waals surface area contributed by atoms with E-state index in [2.05, 4.69) is 10.3 Å². The quantitative estimate of drug-likeness (QED) is 0.836. The topological polar surface area (TPSA) is 77.2 Å². The molecule has 5 heteroatoms. The van der Waals surface area contributed by atoms with Crippen molar-refractivity contribution in [2.45, 2.75) is 13.8 Å². The Bertz CT molecular complexity index is 609. The molecule has 1 aromatic carbocycles. The first kappa shape index (κ1) is 13.9. The zero-order valence-electron chi connectivity index (χ0n) is 11.5. The summed E-state index contributed by atoms with van der Waals surface area (Å²) < 4.78 is 4.93. The molecule has 104 valence electrons. The Balaban J connectivity index is 2.14. The van der Waals surface area contributed by atoms with Gasteiger partial charge in [-0.2, -0.15) is 0 Å². The molecule has 2 aromatic rings. The largest absolute Gasteiger partial charge is 0.462 e. The zero-order valence-corrected chi connectivity index (χ0v) is 11.5. The van der Waals surface area contributed by atoms with E-state index in [1.54, 1.807) is 37.3 Å². The van der Waals surface area contributed by atoms with E-state index < -0.39 is 0 Å². The van der Waals surface area contributed by atoms with Crippen LogP contribution in [0.25, 0.3) is 0 Å². The van der Waals surface area contributed by atoms with E-state index in [1.165, 1.54) is 0 Å². The smallest absolute Gasteiger partial charge is 0.338 e. The maximum Gasteiger partial charge on any atom is 0.338 e. The number of pyridine rings is 1. The molecule has 0 spiro atoms. The normalized spacial score (nSPS) is 10.1. The molecule has 0 aliphatic rings. The average Bonchev–Trinajstić information content (AvgIpc) is 2.44. The van der Waals surface area contributed by atoms with Gasteiger partial charge in [-0.15, -0.1) is 0 Å². The van der Waals surface area contributed by atoms with Gasteiger partial charge in [0.1, 0.15) is 0 Å². The molecule has 3 N–H and O–H groups in total. The highest BCUT2D eigenvalue weighted by molar-refractivity contribution is 5.90. The van der Waals surface area contributed by atoms with Crippen LogP contribution in [0.5, 0.6) is 0 Å². The number of hydrogen-bond donors (Lipinski definition) is 2. The number of nitrogens with one attached hydrogen (secondary N) is 1. The fourth-order valence-corrected chi connectivity index (χ4v) is 1.71. The van der Waals surface area contributed by atoms with Gasteiger partial charge in [-0.3, -0.25) is 0 Å². The Morgan fingerprint density at radius 1 is 1.25 bits per heavy atom. The van der Waals surface area contributed by atoms with E-state index in [-0.39, 0.29) is 5.97 Å². The fraction of sp³-hybridized carbons (Fsp3) is 0.200. The van der Waals surface area contributed by atoms with Crippen molar-refractivity contribution in [1.29, 1.82) is 0 Å². The Kier molecular flexibility index (Phi) is 4.20. The van der Waals surface area contributed by atoms with Crippen LogP contribution in [0.1, 0.15) is 23.0 Å². The van der Waals surface area contributed by atoms with Crippen molar-refractivity contribution in [1.82, 2.24) is 4.98 Å². The summed E-state index contributed by atoms with van der Waals surface area (Å²) in [5.74, 6) is 0.279. The minimum Gasteiger partial charge on any atom is -0.462 e. The number of aromatic nitrogens is 1. The van der Waals surface area contributed by atoms with Crippen LogP contribution < -0.4 is 11.1 Å². The standard InChI is InChI=1S/C15H17N3O2/c1-3-20-15(19)11-5-7-12(8-6-11)18-14-13(16)9-4-10(2)17-14/h4-9H,3,16H2,1-2H3,(H,17,18). The number of aryl methyl sites for hydroxylation is 1. The van der Waals surface area contributed by atoms with Gasteiger partial charge in [0.05, 0.1) is 17.9 Å². The first-order chi connectivity index (χ1) is 9.60. The van der Waals surface area contributed by atoms with Crippen LogP contribution in [-0.2, 0) is 4.74 Å². The Labute approximate surface area is 117 Å². The van der Waals surface area contributed by atoms with Crippen LogP contribution in [-0.4, -0.2) is 17.6 Å². The molecule has 20 heavy (non-hydrogen) atoms. The lowest BCUT2D eigenvalue weighted by Gasteiger charge is -2.09. The Hall–Kier alpha value is -2.56. The molecule has 0 saturated heterocycles. The van der Waals surface area contributed by atoms with Crippen molar-refractivity contribution in [2.24, 2.45) is 0 Å². The third-order valence-corrected chi connectivity index (χ3v) is 2.72. The first-order valence-corrected chi connectivity index (χ1v) is 6.37. The summed E-state index contributed by atoms with van der Waals surface area (Å²) >= 11 is 0. The highest BCUT2D eigenvalue weighted by atomic mass is 16.5. The van der Waals surface area contributed by atoms with Crippen molar-refractivity contribution < 1.29 is 9.53 Å². The molecule has 0 atom stereocenters. The molecule has 0 fully saturated rings. The van der Waals surface area contributed by atoms with Crippen LogP contribution in [0.3, 0.4) is 0 Å². The number of nitrogen functional groups attached to an aromatic ring is 1. The van der Waals surface area contributed by atoms with E-state index in [4.69, 9.17) is 10.5 Å². The van der Waals surface area contributed by atoms with Crippen molar-refractivity contribution in [3.05, 3.63) is 47.7 Å². The summed E-state index contributed by atoms with van der Waals surface area (Å²) in [7, 11) is 0. The number of esters is 1. The van der Waals surface area contributed by atoms with Crippen LogP contribution >= 0.6 is 0 Å². The number of rotatable bonds is 4. The van der Waals surface area contributed by atoms with Gasteiger partial charge in [0.25, 0.3) is 0 Å². The highest BCUT2D eigenvalue weighted by Gasteiger charge is 2.06. The summed E-state index contributed by atoms with van der Waals surface area (Å²) in [6.45, 7) is 4.04. The number of anilines is 3. The number of ether oxygens (including phenoxy) is 1. The number of hydrogen-bond acceptors (Lipinski definition) is 5. The molecule has 0 saturated carbocycles. The molecular weight excluding hydrogens is 254 g/mol. The van der Waals surface area contributed by atoms with Gasteiger partial charge in [0.2, 0.25) is 0 Å². The SMILES string of the molecule is CCOC(=O)c1ccc(Nc2nc(C)ccc2N)cc1. The van der Waals surface area contributed by atoms with Crippen LogP contribution in [0.2, 0.25) is 0 Å². The van der Waals surface area contributed by atoms with Gasteiger partial charge in [-0.1, -0.05) is 0 Å². The lowest BCUT2D eigenvalue weighted by atomic mass is 10.2. The predicted octanol–water partition coefficient (Wildman–Crippen LogP) is 2.89. The molecule has 0 bridgehead atoms. The summed E-state index contributed by atoms with van der Waals surface area (Å²) in [5, 5.41) is 3.12. The summed E-state index contributed by atoms with van der Waals surface area (Å²) in [6.07, 6.45) is 0. The molecule has 1 aromatic heterocycles. The molecule has 0 amide bonds. The molecule has 1 heterocycles. The Morgan fingerprint density at radius 2 is 1.95 bits per heavy atom. The predicted molar refractivity (Wildman–Crippen MR) is 79.1 cm³/mol. The average molecular weight is 271 g/mol. The van der Waals surface area contributed by atoms with Gasteiger partial charge in [0.15, 0.2) is 5.82 Å². The third kappa shape index (κ3) is 3.26. The minimum absolute atomic E-state index is 0.327. The zero-order chi connectivity index (χ0) is 14.5. The number of nitrogens with two attached hydrogens (primary N) is 1. The lowest BCUT2D eigenvalue weighted by molar-refractivity contribution is 0.0526. The van der Waals surface area contributed by atoms with Crippen LogP contribution in [0, 0.1) is 6.92 Å². The van der Waals surface area contributed by atoms with E-state index in [9.17, 15) is 4.79 Å². The van der Waals surface area contributed by atoms with Crippen molar-refractivity contribution in [3.8, 4) is 0 Å². The molecule has 0 radical (unpaired) electrons. The second-order valence-corrected chi connectivity index (χ2v) is 4.31. The van der Waals surface area contributed by atoms with Gasteiger partial charge >= 0.3 is 5.97 Å². The maximum absolute atomic E-state index is 11.5. The minimum atomic E-state index is -0.327. The van der Waals surface area contributed by atoms with Crippen molar-refractivity contribution in [2.75, 3.05) is 17.7 Å². The molecule has 2 rings (SSSR count). The number of benzene rings is 1. The lowest BCUT2D eigenvalue weighted by Crippen LogP contribution is -2.05. The molecular formula is C15H17N3O2. The van der Waals surface area contributed by atoms with Gasteiger partial charge in [0, 0.05) is 11.4 Å². The highest BCUT2D eigenvalue weighted by Crippen LogP contribution is 2.21. The van der Waals surface area contributed by atoms with E-state index >= 15 is 0 Å². The second kappa shape index (κ2) is 6.06. The van der Waals surface area contributed by atoms with Crippen LogP contribution in [0.4, 0.5) is 17.2 Å². The fourth-order valence-electron chi connectivity index (χ4n) is 1.71. The molecule has 0 aliphatic carbocycles. The van der Waals surface area contributed by atoms with Crippen molar-refractivity contribution >= 4 is 23.2 Å². The maximum atomic E-state index is 11.5. The first-order valence-electron chi connectivity index (χ1n) is 6.37. The third-order valence-electron chi connectivity index (χ3n) is 2.72. The van der Waals surface area contributed by atoms with E-state index in [1.807, 2.05) is 13.0 Å². The molecule has 5 nitrogen and oxygen atoms in total. The second-order valence-electron chi connectivity index (χ2n) is 4.31.